The topological polar surface area (TPSA) is 119 Å². The number of benzene rings is 1. The van der Waals surface area contributed by atoms with Gasteiger partial charge in [-0.3, -0.25) is 10.2 Å². The summed E-state index contributed by atoms with van der Waals surface area (Å²) in [5.74, 6) is -0.214. The van der Waals surface area contributed by atoms with Gasteiger partial charge < -0.3 is 26.6 Å². The van der Waals surface area contributed by atoms with Crippen molar-refractivity contribution in [1.29, 1.82) is 5.41 Å². The molecule has 2 aliphatic heterocycles. The first-order valence-corrected chi connectivity index (χ1v) is 10.9. The van der Waals surface area contributed by atoms with Crippen LogP contribution in [0, 0.1) is 11.2 Å². The molecule has 1 unspecified atom stereocenters. The van der Waals surface area contributed by atoms with Crippen LogP contribution in [0.15, 0.2) is 65.8 Å². The molecule has 33 heavy (non-hydrogen) atoms. The molecule has 1 aromatic carbocycles. The van der Waals surface area contributed by atoms with Gasteiger partial charge in [-0.25, -0.2) is 9.37 Å². The number of aromatic nitrogens is 1. The van der Waals surface area contributed by atoms with Crippen LogP contribution in [0.3, 0.4) is 0 Å². The van der Waals surface area contributed by atoms with Crippen LogP contribution < -0.4 is 21.7 Å². The van der Waals surface area contributed by atoms with Crippen molar-refractivity contribution in [2.24, 2.45) is 5.73 Å². The Labute approximate surface area is 192 Å². The molecule has 2 aliphatic rings. The highest BCUT2D eigenvalue weighted by atomic mass is 19.1. The van der Waals surface area contributed by atoms with E-state index in [2.05, 4.69) is 27.0 Å². The third-order valence-corrected chi connectivity index (χ3v) is 5.81. The number of hydrogen-bond acceptors (Lipinski definition) is 7. The minimum absolute atomic E-state index is 0.137. The molecule has 1 atom stereocenters. The summed E-state index contributed by atoms with van der Waals surface area (Å²) in [5.41, 5.74) is 9.20. The Morgan fingerprint density at radius 2 is 2.03 bits per heavy atom. The maximum Gasteiger partial charge on any atom is 0.256 e. The molecule has 6 N–H and O–H groups in total. The number of carbonyl (C=O) groups is 1. The number of allylic oxidation sites excluding steroid dienone is 1. The van der Waals surface area contributed by atoms with Crippen molar-refractivity contribution in [3.63, 3.8) is 0 Å². The predicted octanol–water partition coefficient (Wildman–Crippen LogP) is 2.18. The number of anilines is 1. The van der Waals surface area contributed by atoms with E-state index >= 15 is 0 Å². The molecule has 2 aromatic rings. The Morgan fingerprint density at radius 3 is 2.73 bits per heavy atom. The first-order valence-electron chi connectivity index (χ1n) is 10.9. The molecule has 1 fully saturated rings. The number of likely N-dealkylation sites (N-methyl/N-ethyl adjacent to an activating group) is 1. The minimum atomic E-state index is -0.478. The summed E-state index contributed by atoms with van der Waals surface area (Å²) in [6, 6.07) is 9.33. The van der Waals surface area contributed by atoms with Crippen molar-refractivity contribution in [2.45, 2.75) is 18.9 Å². The molecular formula is C24H28FN7O. The molecular weight excluding hydrogens is 421 g/mol. The zero-order valence-corrected chi connectivity index (χ0v) is 18.5. The standard InChI is InChI=1S/C24H28FN7O/c1-32-12-9-19(30-18-3-2-10-28-14-18)21(23(32)27)22(26)15-4-6-16(7-5-15)24(33)31-20-13-17(25)8-11-29-20/h4-9,11,13,18,26,28,30H,2-3,10,12,14,27H2,1H3,(H,29,31,33). The molecule has 9 heteroatoms. The van der Waals surface area contributed by atoms with Gasteiger partial charge >= 0.3 is 0 Å². The van der Waals surface area contributed by atoms with Crippen molar-refractivity contribution in [1.82, 2.24) is 20.5 Å². The molecule has 0 spiro atoms. The summed E-state index contributed by atoms with van der Waals surface area (Å²) in [5, 5.41) is 18.4. The number of pyridine rings is 1. The highest BCUT2D eigenvalue weighted by Crippen LogP contribution is 2.23. The Bertz CT molecular complexity index is 1100. The van der Waals surface area contributed by atoms with Gasteiger partial charge in [0, 0.05) is 55.3 Å². The van der Waals surface area contributed by atoms with Gasteiger partial charge in [0.1, 0.15) is 17.5 Å². The maximum absolute atomic E-state index is 13.3. The van der Waals surface area contributed by atoms with Gasteiger partial charge in [0.15, 0.2) is 0 Å². The number of halogens is 1. The first kappa shape index (κ1) is 22.5. The molecule has 172 valence electrons. The zero-order valence-electron chi connectivity index (χ0n) is 18.5. The van der Waals surface area contributed by atoms with E-state index < -0.39 is 11.7 Å². The van der Waals surface area contributed by atoms with E-state index in [1.165, 1.54) is 12.3 Å². The van der Waals surface area contributed by atoms with Crippen molar-refractivity contribution in [2.75, 3.05) is 32.0 Å². The largest absolute Gasteiger partial charge is 0.385 e. The van der Waals surface area contributed by atoms with Crippen molar-refractivity contribution >= 4 is 17.4 Å². The molecule has 8 nitrogen and oxygen atoms in total. The van der Waals surface area contributed by atoms with Gasteiger partial charge in [-0.05, 0) is 43.7 Å². The number of amides is 1. The zero-order chi connectivity index (χ0) is 23.4. The van der Waals surface area contributed by atoms with Crippen molar-refractivity contribution < 1.29 is 9.18 Å². The lowest BCUT2D eigenvalue weighted by atomic mass is 9.95. The maximum atomic E-state index is 13.3. The van der Waals surface area contributed by atoms with Crippen LogP contribution >= 0.6 is 0 Å². The van der Waals surface area contributed by atoms with Gasteiger partial charge in [0.05, 0.1) is 11.3 Å². The average Bonchev–Trinajstić information content (AvgIpc) is 2.82. The molecule has 0 aliphatic carbocycles. The van der Waals surface area contributed by atoms with E-state index in [0.29, 0.717) is 29.1 Å². The SMILES string of the molecule is CN1CC=C(NC2CCCNC2)C(C(=N)c2ccc(C(=O)Nc3cc(F)ccn3)cc2)=C1N. The number of nitrogens with two attached hydrogens (primary N) is 1. The number of nitrogens with zero attached hydrogens (tertiary/aromatic N) is 2. The van der Waals surface area contributed by atoms with Crippen LogP contribution in [-0.2, 0) is 0 Å². The number of carbonyl (C=O) groups excluding carboxylic acids is 1. The molecule has 4 rings (SSSR count). The van der Waals surface area contributed by atoms with Gasteiger partial charge in [0.2, 0.25) is 0 Å². The molecule has 1 aromatic heterocycles. The summed E-state index contributed by atoms with van der Waals surface area (Å²) >= 11 is 0. The second-order valence-electron chi connectivity index (χ2n) is 8.21. The fourth-order valence-electron chi connectivity index (χ4n) is 3.94. The lowest BCUT2D eigenvalue weighted by Gasteiger charge is -2.32. The molecule has 1 saturated heterocycles. The Balaban J connectivity index is 1.51. The highest BCUT2D eigenvalue weighted by molar-refractivity contribution is 6.14. The average molecular weight is 450 g/mol. The number of nitrogens with one attached hydrogen (secondary N) is 4. The summed E-state index contributed by atoms with van der Waals surface area (Å²) < 4.78 is 13.3. The van der Waals surface area contributed by atoms with Crippen LogP contribution in [0.2, 0.25) is 0 Å². The van der Waals surface area contributed by atoms with E-state index in [-0.39, 0.29) is 17.6 Å². The minimum Gasteiger partial charge on any atom is -0.385 e. The second kappa shape index (κ2) is 9.83. The molecule has 3 heterocycles. The van der Waals surface area contributed by atoms with Gasteiger partial charge in [-0.15, -0.1) is 0 Å². The van der Waals surface area contributed by atoms with Gasteiger partial charge in [-0.1, -0.05) is 12.1 Å². The molecule has 0 saturated carbocycles. The Hall–Kier alpha value is -3.72. The van der Waals surface area contributed by atoms with Gasteiger partial charge in [0.25, 0.3) is 5.91 Å². The van der Waals surface area contributed by atoms with Crippen molar-refractivity contribution in [3.05, 3.63) is 82.7 Å². The van der Waals surface area contributed by atoms with Crippen LogP contribution in [0.4, 0.5) is 10.2 Å². The summed E-state index contributed by atoms with van der Waals surface area (Å²) in [4.78, 5) is 18.3. The van der Waals surface area contributed by atoms with Crippen LogP contribution in [0.1, 0.15) is 28.8 Å². The predicted molar refractivity (Wildman–Crippen MR) is 126 cm³/mol. The molecule has 0 bridgehead atoms. The van der Waals surface area contributed by atoms with E-state index in [0.717, 1.165) is 37.7 Å². The Morgan fingerprint density at radius 1 is 1.27 bits per heavy atom. The van der Waals surface area contributed by atoms with Crippen LogP contribution in [0.25, 0.3) is 0 Å². The smallest absolute Gasteiger partial charge is 0.256 e. The number of piperidine rings is 1. The third-order valence-electron chi connectivity index (χ3n) is 5.81. The summed E-state index contributed by atoms with van der Waals surface area (Å²) in [6.07, 6.45) is 5.51. The van der Waals surface area contributed by atoms with Crippen LogP contribution in [0.5, 0.6) is 0 Å². The monoisotopic (exact) mass is 449 g/mol. The fourth-order valence-corrected chi connectivity index (χ4v) is 3.94. The van der Waals surface area contributed by atoms with E-state index in [1.807, 2.05) is 11.9 Å². The van der Waals surface area contributed by atoms with Crippen molar-refractivity contribution in [3.8, 4) is 0 Å². The van der Waals surface area contributed by atoms with E-state index in [1.54, 1.807) is 24.3 Å². The van der Waals surface area contributed by atoms with E-state index in [4.69, 9.17) is 11.1 Å². The number of hydrogen-bond donors (Lipinski definition) is 5. The highest BCUT2D eigenvalue weighted by Gasteiger charge is 2.25. The molecule has 0 radical (unpaired) electrons. The van der Waals surface area contributed by atoms with Gasteiger partial charge in [-0.2, -0.15) is 0 Å². The second-order valence-corrected chi connectivity index (χ2v) is 8.21. The lowest BCUT2D eigenvalue weighted by molar-refractivity contribution is 0.102. The summed E-state index contributed by atoms with van der Waals surface area (Å²) in [7, 11) is 1.89. The lowest BCUT2D eigenvalue weighted by Crippen LogP contribution is -2.45. The fraction of sp³-hybridized carbons (Fsp3) is 0.292. The first-order chi connectivity index (χ1) is 15.9. The third kappa shape index (κ3) is 5.20. The normalized spacial score (nSPS) is 18.5. The van der Waals surface area contributed by atoms with Crippen LogP contribution in [-0.4, -0.2) is 54.2 Å². The Kier molecular flexibility index (Phi) is 6.69. The van der Waals surface area contributed by atoms with E-state index in [9.17, 15) is 9.18 Å². The quantitative estimate of drug-likeness (QED) is 0.432. The summed E-state index contributed by atoms with van der Waals surface area (Å²) in [6.45, 7) is 2.56. The molecule has 1 amide bonds. The number of rotatable bonds is 6.